The van der Waals surface area contributed by atoms with Crippen LogP contribution in [-0.2, 0) is 11.2 Å². The van der Waals surface area contributed by atoms with E-state index < -0.39 is 18.6 Å². The Morgan fingerprint density at radius 2 is 2.05 bits per heavy atom. The molecule has 0 aliphatic rings. The van der Waals surface area contributed by atoms with Crippen LogP contribution in [0.25, 0.3) is 0 Å². The van der Waals surface area contributed by atoms with Gasteiger partial charge in [-0.1, -0.05) is 13.0 Å². The van der Waals surface area contributed by atoms with Gasteiger partial charge in [-0.2, -0.15) is 13.2 Å². The van der Waals surface area contributed by atoms with Crippen molar-refractivity contribution in [3.05, 3.63) is 29.3 Å². The minimum atomic E-state index is -4.22. The highest BCUT2D eigenvalue weighted by Crippen LogP contribution is 2.23. The molecule has 2 N–H and O–H groups in total. The number of halogens is 3. The normalized spacial score (nSPS) is 11.4. The van der Waals surface area contributed by atoms with Crippen molar-refractivity contribution in [2.24, 2.45) is 0 Å². The molecular weight excluding hydrogens is 259 g/mol. The summed E-state index contributed by atoms with van der Waals surface area (Å²) in [6.45, 7) is 2.10. The van der Waals surface area contributed by atoms with Gasteiger partial charge in [0.1, 0.15) is 0 Å². The second kappa shape index (κ2) is 6.45. The maximum Gasteiger partial charge on any atom is 0.389 e. The Labute approximate surface area is 109 Å². The van der Waals surface area contributed by atoms with E-state index in [2.05, 4.69) is 0 Å². The maximum atomic E-state index is 12.1. The minimum Gasteiger partial charge on any atom is -0.462 e. The molecule has 0 aliphatic heterocycles. The molecule has 0 aromatic heterocycles. The number of nitrogen functional groups attached to an aromatic ring is 1. The zero-order chi connectivity index (χ0) is 14.5. The van der Waals surface area contributed by atoms with E-state index >= 15 is 0 Å². The van der Waals surface area contributed by atoms with Gasteiger partial charge in [-0.3, -0.25) is 0 Å². The second-order valence-corrected chi connectivity index (χ2v) is 4.17. The first-order chi connectivity index (χ1) is 8.83. The SMILES string of the molecule is CCCOC(=O)c1cc(CCC(F)(F)F)ccc1N. The third kappa shape index (κ3) is 5.19. The lowest BCUT2D eigenvalue weighted by Crippen LogP contribution is -2.11. The van der Waals surface area contributed by atoms with Crippen LogP contribution in [0.15, 0.2) is 18.2 Å². The summed E-state index contributed by atoms with van der Waals surface area (Å²) >= 11 is 0. The highest BCUT2D eigenvalue weighted by atomic mass is 19.4. The molecule has 0 bridgehead atoms. The minimum absolute atomic E-state index is 0.119. The van der Waals surface area contributed by atoms with Crippen LogP contribution in [0.5, 0.6) is 0 Å². The molecule has 1 rings (SSSR count). The molecule has 0 radical (unpaired) electrons. The second-order valence-electron chi connectivity index (χ2n) is 4.17. The van der Waals surface area contributed by atoms with Crippen LogP contribution < -0.4 is 5.73 Å². The largest absolute Gasteiger partial charge is 0.462 e. The van der Waals surface area contributed by atoms with Crippen molar-refractivity contribution in [3.8, 4) is 0 Å². The van der Waals surface area contributed by atoms with E-state index in [9.17, 15) is 18.0 Å². The van der Waals surface area contributed by atoms with E-state index in [1.54, 1.807) is 0 Å². The summed E-state index contributed by atoms with van der Waals surface area (Å²) in [6, 6.07) is 4.27. The molecule has 0 aliphatic carbocycles. The first kappa shape index (κ1) is 15.3. The van der Waals surface area contributed by atoms with Gasteiger partial charge in [-0.25, -0.2) is 4.79 Å². The first-order valence-corrected chi connectivity index (χ1v) is 5.95. The third-order valence-electron chi connectivity index (χ3n) is 2.47. The van der Waals surface area contributed by atoms with E-state index in [0.29, 0.717) is 12.0 Å². The fraction of sp³-hybridized carbons (Fsp3) is 0.462. The number of aryl methyl sites for hydroxylation is 1. The van der Waals surface area contributed by atoms with Crippen LogP contribution in [0.3, 0.4) is 0 Å². The molecule has 106 valence electrons. The van der Waals surface area contributed by atoms with Gasteiger partial charge in [0.05, 0.1) is 12.2 Å². The first-order valence-electron chi connectivity index (χ1n) is 5.95. The van der Waals surface area contributed by atoms with Crippen molar-refractivity contribution < 1.29 is 22.7 Å². The number of ether oxygens (including phenoxy) is 1. The number of alkyl halides is 3. The fourth-order valence-corrected chi connectivity index (χ4v) is 1.49. The molecule has 0 spiro atoms. The predicted molar refractivity (Wildman–Crippen MR) is 65.8 cm³/mol. The molecule has 0 atom stereocenters. The Morgan fingerprint density at radius 3 is 2.63 bits per heavy atom. The maximum absolute atomic E-state index is 12.1. The van der Waals surface area contributed by atoms with E-state index in [1.807, 2.05) is 6.92 Å². The number of anilines is 1. The van der Waals surface area contributed by atoms with Crippen molar-refractivity contribution in [2.75, 3.05) is 12.3 Å². The van der Waals surface area contributed by atoms with E-state index in [1.165, 1.54) is 18.2 Å². The number of hydrogen-bond acceptors (Lipinski definition) is 3. The number of hydrogen-bond donors (Lipinski definition) is 1. The predicted octanol–water partition coefficient (Wildman–Crippen LogP) is 3.33. The molecule has 0 unspecified atom stereocenters. The summed E-state index contributed by atoms with van der Waals surface area (Å²) in [7, 11) is 0. The molecule has 0 saturated heterocycles. The third-order valence-corrected chi connectivity index (χ3v) is 2.47. The summed E-state index contributed by atoms with van der Waals surface area (Å²) in [5.41, 5.74) is 6.36. The average molecular weight is 275 g/mol. The van der Waals surface area contributed by atoms with Gasteiger partial charge in [-0.05, 0) is 30.5 Å². The lowest BCUT2D eigenvalue weighted by atomic mass is 10.0. The van der Waals surface area contributed by atoms with Gasteiger partial charge in [0.25, 0.3) is 0 Å². The molecule has 0 fully saturated rings. The van der Waals surface area contributed by atoms with Gasteiger partial charge in [0.15, 0.2) is 0 Å². The van der Waals surface area contributed by atoms with Gasteiger partial charge < -0.3 is 10.5 Å². The Hall–Kier alpha value is -1.72. The topological polar surface area (TPSA) is 52.3 Å². The number of nitrogens with two attached hydrogens (primary N) is 1. The molecule has 0 saturated carbocycles. The van der Waals surface area contributed by atoms with Crippen LogP contribution in [0.1, 0.15) is 35.7 Å². The van der Waals surface area contributed by atoms with Gasteiger partial charge in [0.2, 0.25) is 0 Å². The molecule has 1 aromatic carbocycles. The van der Waals surface area contributed by atoms with Crippen LogP contribution >= 0.6 is 0 Å². The summed E-state index contributed by atoms with van der Waals surface area (Å²) in [4.78, 5) is 11.7. The van der Waals surface area contributed by atoms with Gasteiger partial charge >= 0.3 is 12.1 Å². The average Bonchev–Trinajstić information content (AvgIpc) is 2.34. The number of carbonyl (C=O) groups is 1. The molecule has 1 aromatic rings. The lowest BCUT2D eigenvalue weighted by Gasteiger charge is -2.10. The quantitative estimate of drug-likeness (QED) is 0.662. The molecule has 3 nitrogen and oxygen atoms in total. The number of esters is 1. The fourth-order valence-electron chi connectivity index (χ4n) is 1.49. The van der Waals surface area contributed by atoms with Crippen molar-refractivity contribution in [2.45, 2.75) is 32.4 Å². The van der Waals surface area contributed by atoms with E-state index in [0.717, 1.165) is 0 Å². The van der Waals surface area contributed by atoms with E-state index in [-0.39, 0.29) is 24.3 Å². The lowest BCUT2D eigenvalue weighted by molar-refractivity contribution is -0.133. The van der Waals surface area contributed by atoms with Crippen LogP contribution in [0.2, 0.25) is 0 Å². The highest BCUT2D eigenvalue weighted by molar-refractivity contribution is 5.95. The smallest absolute Gasteiger partial charge is 0.389 e. The molecule has 0 amide bonds. The van der Waals surface area contributed by atoms with Crippen LogP contribution in [-0.4, -0.2) is 18.8 Å². The van der Waals surface area contributed by atoms with Crippen molar-refractivity contribution in [1.82, 2.24) is 0 Å². The molecule has 6 heteroatoms. The van der Waals surface area contributed by atoms with Crippen LogP contribution in [0, 0.1) is 0 Å². The van der Waals surface area contributed by atoms with Crippen molar-refractivity contribution in [1.29, 1.82) is 0 Å². The number of benzene rings is 1. The Morgan fingerprint density at radius 1 is 1.37 bits per heavy atom. The standard InChI is InChI=1S/C13H16F3NO2/c1-2-7-19-12(18)10-8-9(3-4-11(10)17)5-6-13(14,15)16/h3-4,8H,2,5-7,17H2,1H3. The summed E-state index contributed by atoms with van der Waals surface area (Å²) in [5.74, 6) is -0.604. The zero-order valence-corrected chi connectivity index (χ0v) is 10.6. The number of carbonyl (C=O) groups excluding carboxylic acids is 1. The molecule has 19 heavy (non-hydrogen) atoms. The summed E-state index contributed by atoms with van der Waals surface area (Å²) < 4.78 is 41.3. The Balaban J connectivity index is 2.79. The molecule has 0 heterocycles. The monoisotopic (exact) mass is 275 g/mol. The van der Waals surface area contributed by atoms with E-state index in [4.69, 9.17) is 10.5 Å². The zero-order valence-electron chi connectivity index (χ0n) is 10.6. The Bertz CT molecular complexity index is 444. The molecular formula is C13H16F3NO2. The summed E-state index contributed by atoms with van der Waals surface area (Å²) in [5, 5.41) is 0. The Kier molecular flexibility index (Phi) is 5.20. The highest BCUT2D eigenvalue weighted by Gasteiger charge is 2.26. The van der Waals surface area contributed by atoms with Gasteiger partial charge in [0, 0.05) is 12.1 Å². The number of rotatable bonds is 5. The van der Waals surface area contributed by atoms with Crippen molar-refractivity contribution >= 4 is 11.7 Å². The summed E-state index contributed by atoms with van der Waals surface area (Å²) in [6.07, 6.45) is -4.66. The van der Waals surface area contributed by atoms with Crippen LogP contribution in [0.4, 0.5) is 18.9 Å². The van der Waals surface area contributed by atoms with Gasteiger partial charge in [-0.15, -0.1) is 0 Å². The van der Waals surface area contributed by atoms with Crippen molar-refractivity contribution in [3.63, 3.8) is 0 Å².